The van der Waals surface area contributed by atoms with Crippen LogP contribution in [-0.2, 0) is 5.41 Å². The highest BCUT2D eigenvalue weighted by molar-refractivity contribution is 6.49. The summed E-state index contributed by atoms with van der Waals surface area (Å²) in [7, 11) is -0.997. The second kappa shape index (κ2) is 4.18. The molecule has 1 aromatic carbocycles. The first-order valence-corrected chi connectivity index (χ1v) is 7.95. The Hall–Kier alpha value is -0.763. The van der Waals surface area contributed by atoms with Crippen molar-refractivity contribution in [2.45, 2.75) is 39.3 Å². The van der Waals surface area contributed by atoms with E-state index in [9.17, 15) is 0 Å². The predicted octanol–water partition coefficient (Wildman–Crippen LogP) is 3.35. The minimum absolute atomic E-state index is 0.167. The Balaban J connectivity index is 3.04. The minimum atomic E-state index is -0.997. The molecule has 0 radical (unpaired) electrons. The van der Waals surface area contributed by atoms with E-state index in [2.05, 4.69) is 52.1 Å². The molecule has 0 aliphatic rings. The van der Waals surface area contributed by atoms with Crippen molar-refractivity contribution < 1.29 is 4.43 Å². The molecular formula is C12H20OSi. The fourth-order valence-corrected chi connectivity index (χ4v) is 2.16. The van der Waals surface area contributed by atoms with Crippen molar-refractivity contribution in [1.29, 1.82) is 0 Å². The summed E-state index contributed by atoms with van der Waals surface area (Å²) in [5.41, 5.74) is 1.47. The molecule has 0 saturated carbocycles. The molecule has 0 aliphatic heterocycles. The zero-order valence-corrected chi connectivity index (χ0v) is 10.9. The van der Waals surface area contributed by atoms with E-state index in [4.69, 9.17) is 4.43 Å². The summed E-state index contributed by atoms with van der Waals surface area (Å²) in [6, 6.07) is 8.36. The van der Waals surface area contributed by atoms with Crippen molar-refractivity contribution in [1.82, 2.24) is 0 Å². The van der Waals surface area contributed by atoms with Crippen LogP contribution in [0.15, 0.2) is 24.3 Å². The molecule has 0 unspecified atom stereocenters. The first-order chi connectivity index (χ1) is 6.41. The fraction of sp³-hybridized carbons (Fsp3) is 0.500. The molecule has 0 heterocycles. The van der Waals surface area contributed by atoms with Gasteiger partial charge in [0.25, 0.3) is 0 Å². The van der Waals surface area contributed by atoms with E-state index >= 15 is 0 Å². The maximum atomic E-state index is 5.91. The lowest BCUT2D eigenvalue weighted by atomic mass is 9.86. The van der Waals surface area contributed by atoms with E-state index < -0.39 is 9.04 Å². The van der Waals surface area contributed by atoms with Crippen LogP contribution in [0.5, 0.6) is 5.75 Å². The van der Waals surface area contributed by atoms with Gasteiger partial charge in [-0.25, -0.2) is 0 Å². The van der Waals surface area contributed by atoms with Gasteiger partial charge in [-0.05, 0) is 30.1 Å². The van der Waals surface area contributed by atoms with Crippen LogP contribution in [0.3, 0.4) is 0 Å². The molecule has 78 valence electrons. The van der Waals surface area contributed by atoms with Gasteiger partial charge in [-0.15, -0.1) is 0 Å². The van der Waals surface area contributed by atoms with Crippen molar-refractivity contribution in [3.05, 3.63) is 29.8 Å². The number of hydrogen-bond donors (Lipinski definition) is 0. The van der Waals surface area contributed by atoms with Gasteiger partial charge < -0.3 is 4.43 Å². The lowest BCUT2D eigenvalue weighted by Crippen LogP contribution is -2.17. The Morgan fingerprint density at radius 1 is 1.07 bits per heavy atom. The van der Waals surface area contributed by atoms with Gasteiger partial charge >= 0.3 is 0 Å². The molecule has 0 aromatic heterocycles. The highest BCUT2D eigenvalue weighted by atomic mass is 28.3. The highest BCUT2D eigenvalue weighted by Gasteiger charge is 2.18. The monoisotopic (exact) mass is 208 g/mol. The van der Waals surface area contributed by atoms with Gasteiger partial charge in [-0.2, -0.15) is 0 Å². The topological polar surface area (TPSA) is 9.23 Å². The molecule has 0 bridgehead atoms. The van der Waals surface area contributed by atoms with E-state index in [1.807, 2.05) is 6.07 Å². The van der Waals surface area contributed by atoms with Gasteiger partial charge in [0.15, 0.2) is 0 Å². The van der Waals surface area contributed by atoms with E-state index in [0.29, 0.717) is 0 Å². The SMILES string of the molecule is C[SiH](C)Oc1ccccc1C(C)(C)C. The van der Waals surface area contributed by atoms with E-state index in [0.717, 1.165) is 5.75 Å². The molecule has 0 amide bonds. The Morgan fingerprint density at radius 3 is 2.14 bits per heavy atom. The molecule has 1 rings (SSSR count). The van der Waals surface area contributed by atoms with Crippen LogP contribution >= 0.6 is 0 Å². The second-order valence-corrected chi connectivity index (χ2v) is 7.25. The summed E-state index contributed by atoms with van der Waals surface area (Å²) in [4.78, 5) is 0. The summed E-state index contributed by atoms with van der Waals surface area (Å²) >= 11 is 0. The normalized spacial score (nSPS) is 11.9. The molecule has 0 N–H and O–H groups in total. The van der Waals surface area contributed by atoms with Crippen molar-refractivity contribution in [2.24, 2.45) is 0 Å². The Labute approximate surface area is 88.8 Å². The zero-order chi connectivity index (χ0) is 10.8. The molecular weight excluding hydrogens is 188 g/mol. The zero-order valence-electron chi connectivity index (χ0n) is 9.79. The van der Waals surface area contributed by atoms with Crippen molar-refractivity contribution in [3.63, 3.8) is 0 Å². The van der Waals surface area contributed by atoms with Gasteiger partial charge in [0, 0.05) is 0 Å². The number of para-hydroxylation sites is 1. The maximum absolute atomic E-state index is 5.91. The van der Waals surface area contributed by atoms with E-state index in [1.54, 1.807) is 0 Å². The third-order valence-corrected chi connectivity index (χ3v) is 2.78. The van der Waals surface area contributed by atoms with E-state index in [1.165, 1.54) is 5.56 Å². The fourth-order valence-electron chi connectivity index (χ4n) is 1.44. The molecule has 0 atom stereocenters. The first kappa shape index (κ1) is 11.3. The number of hydrogen-bond acceptors (Lipinski definition) is 1. The first-order valence-electron chi connectivity index (χ1n) is 5.17. The third-order valence-electron chi connectivity index (χ3n) is 2.06. The average molecular weight is 208 g/mol. The largest absolute Gasteiger partial charge is 0.547 e. The Kier molecular flexibility index (Phi) is 3.37. The van der Waals surface area contributed by atoms with Crippen molar-refractivity contribution >= 4 is 9.04 Å². The molecule has 0 spiro atoms. The maximum Gasteiger partial charge on any atom is 0.229 e. The summed E-state index contributed by atoms with van der Waals surface area (Å²) < 4.78 is 5.91. The summed E-state index contributed by atoms with van der Waals surface area (Å²) in [6.07, 6.45) is 0. The second-order valence-electron chi connectivity index (χ2n) is 4.91. The van der Waals surface area contributed by atoms with Gasteiger partial charge in [0.1, 0.15) is 5.75 Å². The van der Waals surface area contributed by atoms with Crippen LogP contribution in [0.1, 0.15) is 26.3 Å². The van der Waals surface area contributed by atoms with Crippen LogP contribution in [0.25, 0.3) is 0 Å². The van der Waals surface area contributed by atoms with Crippen LogP contribution < -0.4 is 4.43 Å². The molecule has 14 heavy (non-hydrogen) atoms. The molecule has 0 aliphatic carbocycles. The highest BCUT2D eigenvalue weighted by Crippen LogP contribution is 2.31. The smallest absolute Gasteiger partial charge is 0.229 e. The molecule has 0 fully saturated rings. The van der Waals surface area contributed by atoms with Gasteiger partial charge in [0.2, 0.25) is 9.04 Å². The standard InChI is InChI=1S/C12H20OSi/c1-12(2,3)10-8-6-7-9-11(10)13-14(4)5/h6-9,14H,1-5H3. The Bertz CT molecular complexity index is 299. The van der Waals surface area contributed by atoms with Crippen molar-refractivity contribution in [2.75, 3.05) is 0 Å². The van der Waals surface area contributed by atoms with Gasteiger partial charge in [0.05, 0.1) is 0 Å². The van der Waals surface area contributed by atoms with Crippen molar-refractivity contribution in [3.8, 4) is 5.75 Å². The molecule has 2 heteroatoms. The van der Waals surface area contributed by atoms with E-state index in [-0.39, 0.29) is 5.41 Å². The average Bonchev–Trinajstić information content (AvgIpc) is 2.01. The lowest BCUT2D eigenvalue weighted by molar-refractivity contribution is 0.520. The number of benzene rings is 1. The quantitative estimate of drug-likeness (QED) is 0.677. The molecule has 1 nitrogen and oxygen atoms in total. The molecule has 0 saturated heterocycles. The summed E-state index contributed by atoms with van der Waals surface area (Å²) in [5, 5.41) is 0. The summed E-state index contributed by atoms with van der Waals surface area (Å²) in [6.45, 7) is 11.0. The number of rotatable bonds is 2. The third kappa shape index (κ3) is 2.88. The van der Waals surface area contributed by atoms with Gasteiger partial charge in [-0.3, -0.25) is 0 Å². The van der Waals surface area contributed by atoms with Crippen LogP contribution in [0, 0.1) is 0 Å². The molecule has 1 aromatic rings. The Morgan fingerprint density at radius 2 is 1.64 bits per heavy atom. The minimum Gasteiger partial charge on any atom is -0.547 e. The van der Waals surface area contributed by atoms with Crippen LogP contribution in [0.2, 0.25) is 13.1 Å². The van der Waals surface area contributed by atoms with Gasteiger partial charge in [-0.1, -0.05) is 39.0 Å². The predicted molar refractivity (Wildman–Crippen MR) is 64.6 cm³/mol. The lowest BCUT2D eigenvalue weighted by Gasteiger charge is -2.23. The summed E-state index contributed by atoms with van der Waals surface area (Å²) in [5.74, 6) is 1.07. The van der Waals surface area contributed by atoms with Crippen LogP contribution in [0.4, 0.5) is 0 Å². The van der Waals surface area contributed by atoms with Crippen LogP contribution in [-0.4, -0.2) is 9.04 Å².